The van der Waals surface area contributed by atoms with Gasteiger partial charge in [-0.25, -0.2) is 4.39 Å². The number of benzene rings is 2. The van der Waals surface area contributed by atoms with E-state index in [2.05, 4.69) is 0 Å². The third-order valence-corrected chi connectivity index (χ3v) is 5.11. The Morgan fingerprint density at radius 2 is 1.71 bits per heavy atom. The molecule has 1 saturated heterocycles. The SMILES string of the molecule is Cc1cccc(N2CC(=O)N(c3ccccc3F)C(c3ccco3)C2=O)c1C. The van der Waals surface area contributed by atoms with Gasteiger partial charge in [0, 0.05) is 5.69 Å². The highest BCUT2D eigenvalue weighted by atomic mass is 19.1. The summed E-state index contributed by atoms with van der Waals surface area (Å²) in [5.74, 6) is -1.00. The summed E-state index contributed by atoms with van der Waals surface area (Å²) in [4.78, 5) is 29.2. The van der Waals surface area contributed by atoms with Gasteiger partial charge in [-0.15, -0.1) is 0 Å². The Hall–Kier alpha value is -3.41. The van der Waals surface area contributed by atoms with Gasteiger partial charge in [0.15, 0.2) is 6.04 Å². The summed E-state index contributed by atoms with van der Waals surface area (Å²) in [6, 6.07) is 13.7. The van der Waals surface area contributed by atoms with Gasteiger partial charge in [-0.2, -0.15) is 0 Å². The maximum absolute atomic E-state index is 14.5. The molecule has 0 bridgehead atoms. The minimum atomic E-state index is -1.08. The number of piperazine rings is 1. The first-order valence-electron chi connectivity index (χ1n) is 8.96. The van der Waals surface area contributed by atoms with Crippen molar-refractivity contribution in [3.8, 4) is 0 Å². The second kappa shape index (κ2) is 6.96. The molecule has 0 aliphatic carbocycles. The van der Waals surface area contributed by atoms with E-state index >= 15 is 0 Å². The molecule has 2 amide bonds. The Labute approximate surface area is 162 Å². The largest absolute Gasteiger partial charge is 0.467 e. The highest BCUT2D eigenvalue weighted by Gasteiger charge is 2.44. The molecule has 0 spiro atoms. The molecule has 0 saturated carbocycles. The standard InChI is InChI=1S/C22H19FN2O3/c1-14-7-5-10-17(15(14)2)24-13-20(26)25(18-9-4-3-8-16(18)23)21(22(24)27)19-11-6-12-28-19/h3-12,21H,13H2,1-2H3. The summed E-state index contributed by atoms with van der Waals surface area (Å²) < 4.78 is 19.9. The summed E-state index contributed by atoms with van der Waals surface area (Å²) >= 11 is 0. The van der Waals surface area contributed by atoms with E-state index < -0.39 is 11.9 Å². The first-order chi connectivity index (χ1) is 13.5. The predicted molar refractivity (Wildman–Crippen MR) is 104 cm³/mol. The van der Waals surface area contributed by atoms with Crippen LogP contribution in [0.4, 0.5) is 15.8 Å². The zero-order chi connectivity index (χ0) is 19.8. The fourth-order valence-corrected chi connectivity index (χ4v) is 3.54. The van der Waals surface area contributed by atoms with Crippen LogP contribution in [-0.2, 0) is 9.59 Å². The second-order valence-electron chi connectivity index (χ2n) is 6.78. The molecule has 0 N–H and O–H groups in total. The smallest absolute Gasteiger partial charge is 0.258 e. The van der Waals surface area contributed by atoms with E-state index in [1.54, 1.807) is 24.3 Å². The lowest BCUT2D eigenvalue weighted by molar-refractivity contribution is -0.129. The maximum Gasteiger partial charge on any atom is 0.258 e. The van der Waals surface area contributed by atoms with Crippen LogP contribution in [0.15, 0.2) is 65.3 Å². The molecule has 1 unspecified atom stereocenters. The zero-order valence-corrected chi connectivity index (χ0v) is 15.6. The molecule has 1 aromatic heterocycles. The van der Waals surface area contributed by atoms with Gasteiger partial charge in [-0.1, -0.05) is 24.3 Å². The fraction of sp³-hybridized carbons (Fsp3) is 0.182. The van der Waals surface area contributed by atoms with Gasteiger partial charge in [0.05, 0.1) is 12.0 Å². The lowest BCUT2D eigenvalue weighted by Crippen LogP contribution is -2.56. The number of hydrogen-bond acceptors (Lipinski definition) is 3. The predicted octanol–water partition coefficient (Wildman–Crippen LogP) is 4.16. The van der Waals surface area contributed by atoms with Crippen molar-refractivity contribution in [2.45, 2.75) is 19.9 Å². The van der Waals surface area contributed by atoms with Crippen LogP contribution >= 0.6 is 0 Å². The summed E-state index contributed by atoms with van der Waals surface area (Å²) in [5.41, 5.74) is 2.66. The molecule has 142 valence electrons. The number of carbonyl (C=O) groups excluding carboxylic acids is 2. The maximum atomic E-state index is 14.5. The molecule has 2 heterocycles. The highest BCUT2D eigenvalue weighted by molar-refractivity contribution is 6.14. The van der Waals surface area contributed by atoms with Crippen LogP contribution in [0.25, 0.3) is 0 Å². The van der Waals surface area contributed by atoms with Crippen LogP contribution in [0.3, 0.4) is 0 Å². The fourth-order valence-electron chi connectivity index (χ4n) is 3.54. The second-order valence-corrected chi connectivity index (χ2v) is 6.78. The number of para-hydroxylation sites is 1. The summed E-state index contributed by atoms with van der Waals surface area (Å²) in [5, 5.41) is 0. The van der Waals surface area contributed by atoms with Gasteiger partial charge in [-0.3, -0.25) is 14.5 Å². The number of nitrogens with zero attached hydrogens (tertiary/aromatic N) is 2. The third kappa shape index (κ3) is 2.87. The van der Waals surface area contributed by atoms with E-state index in [0.717, 1.165) is 11.1 Å². The van der Waals surface area contributed by atoms with Crippen molar-refractivity contribution in [1.82, 2.24) is 0 Å². The molecule has 3 aromatic rings. The van der Waals surface area contributed by atoms with E-state index in [9.17, 15) is 14.0 Å². The normalized spacial score (nSPS) is 17.3. The van der Waals surface area contributed by atoms with Crippen LogP contribution in [0.5, 0.6) is 0 Å². The lowest BCUT2D eigenvalue weighted by Gasteiger charge is -2.40. The van der Waals surface area contributed by atoms with Crippen LogP contribution in [-0.4, -0.2) is 18.4 Å². The third-order valence-electron chi connectivity index (χ3n) is 5.11. The minimum absolute atomic E-state index is 0.0582. The molecule has 2 aromatic carbocycles. The Bertz CT molecular complexity index is 1050. The number of aryl methyl sites for hydroxylation is 1. The Kier molecular flexibility index (Phi) is 4.47. The van der Waals surface area contributed by atoms with Gasteiger partial charge in [-0.05, 0) is 55.3 Å². The first kappa shape index (κ1) is 18.0. The molecule has 1 aliphatic rings. The Morgan fingerprint density at radius 3 is 2.43 bits per heavy atom. The average molecular weight is 378 g/mol. The molecular weight excluding hydrogens is 359 g/mol. The van der Waals surface area contributed by atoms with Gasteiger partial charge in [0.1, 0.15) is 18.1 Å². The highest BCUT2D eigenvalue weighted by Crippen LogP contribution is 2.36. The Balaban J connectivity index is 1.84. The van der Waals surface area contributed by atoms with E-state index in [1.165, 1.54) is 28.2 Å². The Morgan fingerprint density at radius 1 is 0.964 bits per heavy atom. The van der Waals surface area contributed by atoms with Gasteiger partial charge in [0.25, 0.3) is 5.91 Å². The van der Waals surface area contributed by atoms with E-state index in [-0.39, 0.29) is 29.8 Å². The topological polar surface area (TPSA) is 53.8 Å². The number of hydrogen-bond donors (Lipinski definition) is 0. The quantitative estimate of drug-likeness (QED) is 0.688. The summed E-state index contributed by atoms with van der Waals surface area (Å²) in [6.45, 7) is 3.69. The van der Waals surface area contributed by atoms with Crippen LogP contribution in [0, 0.1) is 19.7 Å². The van der Waals surface area contributed by atoms with Crippen LogP contribution in [0.2, 0.25) is 0 Å². The number of amides is 2. The molecule has 4 rings (SSSR count). The number of furan rings is 1. The monoisotopic (exact) mass is 378 g/mol. The average Bonchev–Trinajstić information content (AvgIpc) is 3.20. The van der Waals surface area contributed by atoms with Gasteiger partial charge in [0.2, 0.25) is 5.91 Å². The minimum Gasteiger partial charge on any atom is -0.467 e. The van der Waals surface area contributed by atoms with E-state index in [4.69, 9.17) is 4.42 Å². The van der Waals surface area contributed by atoms with Crippen molar-refractivity contribution >= 4 is 23.2 Å². The zero-order valence-electron chi connectivity index (χ0n) is 15.6. The molecule has 1 fully saturated rings. The summed E-state index contributed by atoms with van der Waals surface area (Å²) in [6.07, 6.45) is 1.43. The molecule has 6 heteroatoms. The molecule has 28 heavy (non-hydrogen) atoms. The first-order valence-corrected chi connectivity index (χ1v) is 8.96. The van der Waals surface area contributed by atoms with Gasteiger partial charge >= 0.3 is 0 Å². The molecule has 1 aliphatic heterocycles. The van der Waals surface area contributed by atoms with Crippen molar-refractivity contribution in [3.05, 3.63) is 83.6 Å². The van der Waals surface area contributed by atoms with Crippen LogP contribution in [0.1, 0.15) is 22.9 Å². The van der Waals surface area contributed by atoms with Gasteiger partial charge < -0.3 is 9.32 Å². The number of rotatable bonds is 3. The summed E-state index contributed by atoms with van der Waals surface area (Å²) in [7, 11) is 0. The van der Waals surface area contributed by atoms with Crippen molar-refractivity contribution in [3.63, 3.8) is 0 Å². The molecule has 5 nitrogen and oxygen atoms in total. The number of carbonyl (C=O) groups is 2. The molecular formula is C22H19FN2O3. The number of halogens is 1. The molecule has 0 radical (unpaired) electrons. The van der Waals surface area contributed by atoms with Crippen molar-refractivity contribution in [1.29, 1.82) is 0 Å². The number of anilines is 2. The van der Waals surface area contributed by atoms with Crippen molar-refractivity contribution in [2.75, 3.05) is 16.3 Å². The van der Waals surface area contributed by atoms with E-state index in [0.29, 0.717) is 5.69 Å². The van der Waals surface area contributed by atoms with Crippen molar-refractivity contribution in [2.24, 2.45) is 0 Å². The molecule has 1 atom stereocenters. The van der Waals surface area contributed by atoms with Crippen LogP contribution < -0.4 is 9.80 Å². The van der Waals surface area contributed by atoms with Crippen molar-refractivity contribution < 1.29 is 18.4 Å². The lowest BCUT2D eigenvalue weighted by atomic mass is 10.0. The van der Waals surface area contributed by atoms with E-state index in [1.807, 2.05) is 32.0 Å².